The number of nitrogens with one attached hydrogen (secondary N) is 1. The lowest BCUT2D eigenvalue weighted by Gasteiger charge is -2.20. The van der Waals surface area contributed by atoms with Gasteiger partial charge in [-0.3, -0.25) is 18.6 Å². The van der Waals surface area contributed by atoms with Crippen molar-refractivity contribution in [2.75, 3.05) is 0 Å². The Hall–Kier alpha value is -4.02. The van der Waals surface area contributed by atoms with E-state index >= 15 is 0 Å². The van der Waals surface area contributed by atoms with Crippen molar-refractivity contribution >= 4 is 17.5 Å². The molecule has 4 aromatic heterocycles. The fraction of sp³-hybridized carbons (Fsp3) is 0.364. The van der Waals surface area contributed by atoms with Crippen LogP contribution in [0.25, 0.3) is 17.0 Å². The third kappa shape index (κ3) is 3.97. The Morgan fingerprint density at radius 1 is 1.21 bits per heavy atom. The van der Waals surface area contributed by atoms with E-state index in [9.17, 15) is 14.7 Å². The molecule has 33 heavy (non-hydrogen) atoms. The number of amides is 1. The number of nitrogens with zero attached hydrogens (tertiary/aromatic N) is 7. The molecule has 0 bridgehead atoms. The van der Waals surface area contributed by atoms with Crippen molar-refractivity contribution < 1.29 is 14.7 Å². The van der Waals surface area contributed by atoms with E-state index in [-0.39, 0.29) is 29.3 Å². The highest BCUT2D eigenvalue weighted by Gasteiger charge is 2.30. The van der Waals surface area contributed by atoms with Crippen LogP contribution < -0.4 is 5.32 Å². The number of aromatic carboxylic acids is 1. The van der Waals surface area contributed by atoms with Crippen LogP contribution in [-0.4, -0.2) is 57.2 Å². The van der Waals surface area contributed by atoms with Gasteiger partial charge in [-0.1, -0.05) is 17.7 Å². The van der Waals surface area contributed by atoms with Crippen molar-refractivity contribution in [3.63, 3.8) is 0 Å². The molecule has 1 aliphatic rings. The first-order chi connectivity index (χ1) is 15.9. The molecular weight excluding hydrogens is 424 g/mol. The van der Waals surface area contributed by atoms with Crippen LogP contribution in [0.5, 0.6) is 0 Å². The first-order valence-corrected chi connectivity index (χ1v) is 10.8. The molecule has 4 heterocycles. The van der Waals surface area contributed by atoms with Gasteiger partial charge in [0.05, 0.1) is 6.20 Å². The second-order valence-electron chi connectivity index (χ2n) is 8.50. The average Bonchev–Trinajstić information content (AvgIpc) is 3.55. The van der Waals surface area contributed by atoms with Crippen molar-refractivity contribution in [3.05, 3.63) is 53.7 Å². The third-order valence-electron chi connectivity index (χ3n) is 6.13. The zero-order chi connectivity index (χ0) is 23.1. The summed E-state index contributed by atoms with van der Waals surface area (Å²) in [5.41, 5.74) is 3.25. The van der Waals surface area contributed by atoms with Crippen molar-refractivity contribution in [2.24, 2.45) is 13.0 Å². The van der Waals surface area contributed by atoms with E-state index in [1.165, 1.54) is 16.7 Å². The quantitative estimate of drug-likeness (QED) is 0.461. The molecule has 4 aromatic rings. The van der Waals surface area contributed by atoms with Gasteiger partial charge in [0.1, 0.15) is 28.4 Å². The molecule has 1 fully saturated rings. The zero-order valence-corrected chi connectivity index (χ0v) is 18.3. The molecule has 2 N–H and O–H groups in total. The van der Waals surface area contributed by atoms with Crippen LogP contribution in [0.1, 0.15) is 45.8 Å². The predicted octanol–water partition coefficient (Wildman–Crippen LogP) is 1.93. The Labute approximate surface area is 189 Å². The minimum absolute atomic E-state index is 0.0227. The van der Waals surface area contributed by atoms with E-state index in [0.29, 0.717) is 12.2 Å². The van der Waals surface area contributed by atoms with Gasteiger partial charge < -0.3 is 10.4 Å². The Balaban J connectivity index is 1.29. The summed E-state index contributed by atoms with van der Waals surface area (Å²) in [6.45, 7) is 2.63. The molecule has 0 aromatic carbocycles. The van der Waals surface area contributed by atoms with Gasteiger partial charge in [-0.05, 0) is 43.4 Å². The first kappa shape index (κ1) is 20.9. The van der Waals surface area contributed by atoms with E-state index in [4.69, 9.17) is 0 Å². The summed E-state index contributed by atoms with van der Waals surface area (Å²) in [7, 11) is 1.87. The number of fused-ring (bicyclic) bond motifs is 1. The SMILES string of the molecule is Cc1cn(C)nc1-c1cn(C[C@@H]2CCC[C@@H]2NC(=O)c2cn3c(C(=O)O)cccc3n2)nn1. The Morgan fingerprint density at radius 2 is 2.06 bits per heavy atom. The number of hydrogen-bond acceptors (Lipinski definition) is 6. The van der Waals surface area contributed by atoms with Crippen LogP contribution in [-0.2, 0) is 13.6 Å². The molecular formula is C22H24N8O3. The molecule has 5 rings (SSSR count). The van der Waals surface area contributed by atoms with Gasteiger partial charge in [-0.25, -0.2) is 9.78 Å². The highest BCUT2D eigenvalue weighted by Crippen LogP contribution is 2.28. The lowest BCUT2D eigenvalue weighted by Crippen LogP contribution is -2.39. The fourth-order valence-corrected chi connectivity index (χ4v) is 4.58. The Kier molecular flexibility index (Phi) is 5.15. The van der Waals surface area contributed by atoms with Crippen molar-refractivity contribution in [1.29, 1.82) is 0 Å². The van der Waals surface area contributed by atoms with Crippen molar-refractivity contribution in [2.45, 2.75) is 38.8 Å². The number of carboxylic acids is 1. The maximum absolute atomic E-state index is 12.9. The lowest BCUT2D eigenvalue weighted by atomic mass is 10.0. The van der Waals surface area contributed by atoms with Crippen molar-refractivity contribution in [3.8, 4) is 11.4 Å². The van der Waals surface area contributed by atoms with Crippen LogP contribution in [0.2, 0.25) is 0 Å². The molecule has 11 heteroatoms. The second-order valence-corrected chi connectivity index (χ2v) is 8.50. The number of rotatable bonds is 6. The molecule has 0 aliphatic heterocycles. The Morgan fingerprint density at radius 3 is 2.82 bits per heavy atom. The third-order valence-corrected chi connectivity index (χ3v) is 6.13. The van der Waals surface area contributed by atoms with Gasteiger partial charge in [-0.2, -0.15) is 5.10 Å². The molecule has 1 saturated carbocycles. The van der Waals surface area contributed by atoms with E-state index in [1.54, 1.807) is 16.8 Å². The maximum atomic E-state index is 12.9. The number of carboxylic acid groups (broad SMARTS) is 1. The van der Waals surface area contributed by atoms with Gasteiger partial charge in [0.25, 0.3) is 5.91 Å². The minimum Gasteiger partial charge on any atom is -0.477 e. The number of hydrogen-bond donors (Lipinski definition) is 2. The van der Waals surface area contributed by atoms with Crippen molar-refractivity contribution in [1.82, 2.24) is 39.5 Å². The maximum Gasteiger partial charge on any atom is 0.352 e. The molecule has 0 spiro atoms. The van der Waals surface area contributed by atoms with Crippen LogP contribution in [0, 0.1) is 12.8 Å². The van der Waals surface area contributed by atoms with Crippen LogP contribution in [0.4, 0.5) is 0 Å². The molecule has 0 unspecified atom stereocenters. The van der Waals surface area contributed by atoms with E-state index in [1.807, 2.05) is 31.0 Å². The van der Waals surface area contributed by atoms with Crippen LogP contribution >= 0.6 is 0 Å². The number of pyridine rings is 1. The topological polar surface area (TPSA) is 132 Å². The molecule has 170 valence electrons. The number of carbonyl (C=O) groups is 2. The molecule has 1 aliphatic carbocycles. The van der Waals surface area contributed by atoms with Gasteiger partial charge in [0.15, 0.2) is 0 Å². The highest BCUT2D eigenvalue weighted by molar-refractivity contribution is 5.94. The molecule has 1 amide bonds. The molecule has 0 saturated heterocycles. The first-order valence-electron chi connectivity index (χ1n) is 10.8. The second kappa shape index (κ2) is 8.15. The summed E-state index contributed by atoms with van der Waals surface area (Å²) in [5.74, 6) is -1.18. The van der Waals surface area contributed by atoms with Crippen LogP contribution in [0.3, 0.4) is 0 Å². The normalized spacial score (nSPS) is 18.1. The van der Waals surface area contributed by atoms with Gasteiger partial charge in [0.2, 0.25) is 0 Å². The van der Waals surface area contributed by atoms with Gasteiger partial charge in [-0.15, -0.1) is 5.10 Å². The predicted molar refractivity (Wildman–Crippen MR) is 118 cm³/mol. The molecule has 0 radical (unpaired) electrons. The lowest BCUT2D eigenvalue weighted by molar-refractivity contribution is 0.0688. The van der Waals surface area contributed by atoms with Crippen LogP contribution in [0.15, 0.2) is 36.8 Å². The zero-order valence-electron chi connectivity index (χ0n) is 18.3. The fourth-order valence-electron chi connectivity index (χ4n) is 4.58. The van der Waals surface area contributed by atoms with E-state index in [2.05, 4.69) is 25.7 Å². The minimum atomic E-state index is -1.08. The largest absolute Gasteiger partial charge is 0.477 e. The summed E-state index contributed by atoms with van der Waals surface area (Å²) in [6, 6.07) is 4.74. The van der Waals surface area contributed by atoms with Gasteiger partial charge in [0, 0.05) is 32.0 Å². The number of imidazole rings is 1. The summed E-state index contributed by atoms with van der Waals surface area (Å²) < 4.78 is 4.98. The highest BCUT2D eigenvalue weighted by atomic mass is 16.4. The van der Waals surface area contributed by atoms with E-state index in [0.717, 1.165) is 36.2 Å². The standard InChI is InChI=1S/C22H24N8O3/c1-13-9-28(2)26-20(13)16-11-29(27-25-16)10-14-5-3-6-15(14)24-21(31)17-12-30-18(22(32)33)7-4-8-19(30)23-17/h4,7-9,11-12,14-15H,3,5-6,10H2,1-2H3,(H,24,31)(H,32,33)/t14-,15-/m0/s1. The molecule has 2 atom stereocenters. The Bertz CT molecular complexity index is 1350. The summed E-state index contributed by atoms with van der Waals surface area (Å²) in [6.07, 6.45) is 8.14. The summed E-state index contributed by atoms with van der Waals surface area (Å²) in [4.78, 5) is 28.6. The van der Waals surface area contributed by atoms with Gasteiger partial charge >= 0.3 is 5.97 Å². The average molecular weight is 448 g/mol. The number of carbonyl (C=O) groups excluding carboxylic acids is 1. The number of aryl methyl sites for hydroxylation is 2. The smallest absolute Gasteiger partial charge is 0.352 e. The summed E-state index contributed by atoms with van der Waals surface area (Å²) in [5, 5.41) is 25.4. The summed E-state index contributed by atoms with van der Waals surface area (Å²) >= 11 is 0. The monoisotopic (exact) mass is 448 g/mol. The molecule has 11 nitrogen and oxygen atoms in total. The van der Waals surface area contributed by atoms with E-state index < -0.39 is 5.97 Å². The number of aromatic nitrogens is 7.